The van der Waals surface area contributed by atoms with Crippen LogP contribution in [0.25, 0.3) is 0 Å². The van der Waals surface area contributed by atoms with Crippen LogP contribution in [0.15, 0.2) is 42.5 Å². The Morgan fingerprint density at radius 1 is 1.00 bits per heavy atom. The number of fused-ring (bicyclic) bond motifs is 1. The minimum atomic E-state index is -5.37. The van der Waals surface area contributed by atoms with E-state index in [0.29, 0.717) is 18.9 Å². The summed E-state index contributed by atoms with van der Waals surface area (Å²) in [4.78, 5) is 12.6. The van der Waals surface area contributed by atoms with Crippen LogP contribution in [0.3, 0.4) is 0 Å². The summed E-state index contributed by atoms with van der Waals surface area (Å²) in [6.07, 6.45) is -10.5. The molecule has 0 radical (unpaired) electrons. The van der Waals surface area contributed by atoms with Crippen molar-refractivity contribution in [1.82, 2.24) is 0 Å². The predicted molar refractivity (Wildman–Crippen MR) is 105 cm³/mol. The number of carbonyl (C=O) groups excluding carboxylic acids is 1. The second kappa shape index (κ2) is 7.63. The van der Waals surface area contributed by atoms with Gasteiger partial charge in [-0.2, -0.15) is 26.3 Å². The van der Waals surface area contributed by atoms with Crippen molar-refractivity contribution in [2.75, 3.05) is 0 Å². The average molecular weight is 560 g/mol. The highest BCUT2D eigenvalue weighted by Gasteiger charge is 2.56. The number of hydrogen-bond acceptors (Lipinski definition) is 2. The highest BCUT2D eigenvalue weighted by Crippen LogP contribution is 2.49. The molecule has 0 spiro atoms. The Kier molecular flexibility index (Phi) is 5.92. The van der Waals surface area contributed by atoms with Crippen LogP contribution in [0, 0.1) is 0 Å². The fourth-order valence-corrected chi connectivity index (χ4v) is 4.58. The van der Waals surface area contributed by atoms with Crippen molar-refractivity contribution in [3.05, 3.63) is 70.3 Å². The molecule has 10 heteroatoms. The van der Waals surface area contributed by atoms with E-state index < -0.39 is 44.5 Å². The Morgan fingerprint density at radius 3 is 2.23 bits per heavy atom. The molecular weight excluding hydrogens is 546 g/mol. The number of rotatable bonds is 4. The zero-order valence-electron chi connectivity index (χ0n) is 15.0. The van der Waals surface area contributed by atoms with E-state index in [9.17, 15) is 36.2 Å². The molecule has 1 aliphatic rings. The maximum absolute atomic E-state index is 13.7. The number of aryl methyl sites for hydroxylation is 1. The van der Waals surface area contributed by atoms with Crippen molar-refractivity contribution in [3.8, 4) is 0 Å². The van der Waals surface area contributed by atoms with E-state index in [1.165, 1.54) is 12.1 Å². The molecule has 1 atom stereocenters. The Labute approximate surface area is 184 Å². The van der Waals surface area contributed by atoms with Crippen molar-refractivity contribution in [1.29, 1.82) is 0 Å². The third-order valence-electron chi connectivity index (χ3n) is 5.08. The minimum absolute atomic E-state index is 0.0545. The van der Waals surface area contributed by atoms with Gasteiger partial charge < -0.3 is 5.11 Å². The molecule has 0 fully saturated rings. The third-order valence-corrected chi connectivity index (χ3v) is 6.73. The van der Waals surface area contributed by atoms with E-state index in [1.54, 1.807) is 6.07 Å². The fourth-order valence-electron chi connectivity index (χ4n) is 3.41. The summed E-state index contributed by atoms with van der Waals surface area (Å²) in [6.45, 7) is 0. The van der Waals surface area contributed by atoms with Crippen molar-refractivity contribution in [2.24, 2.45) is 0 Å². The molecule has 30 heavy (non-hydrogen) atoms. The Hall–Kier alpha value is -1.39. The van der Waals surface area contributed by atoms with Crippen LogP contribution in [-0.2, 0) is 21.4 Å². The molecule has 1 aliphatic carbocycles. The van der Waals surface area contributed by atoms with Crippen LogP contribution in [0.2, 0.25) is 0 Å². The predicted octanol–water partition coefficient (Wildman–Crippen LogP) is 6.62. The molecule has 0 aliphatic heterocycles. The highest BCUT2D eigenvalue weighted by molar-refractivity contribution is 9.24. The molecule has 0 aromatic heterocycles. The molecule has 2 nitrogen and oxygen atoms in total. The number of benzene rings is 2. The van der Waals surface area contributed by atoms with Crippen molar-refractivity contribution in [2.45, 2.75) is 40.4 Å². The lowest BCUT2D eigenvalue weighted by atomic mass is 9.85. The first-order valence-corrected chi connectivity index (χ1v) is 10.2. The lowest BCUT2D eigenvalue weighted by Gasteiger charge is -2.31. The van der Waals surface area contributed by atoms with Gasteiger partial charge in [-0.15, -0.1) is 0 Å². The van der Waals surface area contributed by atoms with Crippen LogP contribution in [-0.4, -0.2) is 17.1 Å². The molecule has 0 heterocycles. The molecule has 3 rings (SSSR count). The summed E-state index contributed by atoms with van der Waals surface area (Å²) in [5, 5.41) is 10.4. The number of hydrogen-bond donors (Lipinski definition) is 1. The molecular formula is C20H14Br2F6O2. The van der Waals surface area contributed by atoms with Crippen LogP contribution in [0.5, 0.6) is 0 Å². The minimum Gasteiger partial charge on any atom is -0.376 e. The quantitative estimate of drug-likeness (QED) is 0.260. The number of halogens is 8. The highest BCUT2D eigenvalue weighted by atomic mass is 79.9. The largest absolute Gasteiger partial charge is 0.421 e. The van der Waals surface area contributed by atoms with E-state index in [0.717, 1.165) is 23.3 Å². The fraction of sp³-hybridized carbons (Fsp3) is 0.350. The van der Waals surface area contributed by atoms with Gasteiger partial charge in [-0.25, -0.2) is 0 Å². The average Bonchev–Trinajstić information content (AvgIpc) is 2.94. The number of alkyl halides is 8. The maximum Gasteiger partial charge on any atom is 0.421 e. The first-order valence-electron chi connectivity index (χ1n) is 8.66. The van der Waals surface area contributed by atoms with Gasteiger partial charge in [-0.3, -0.25) is 4.79 Å². The molecule has 1 N–H and O–H groups in total. The number of Topliss-reactive ketones (excluding diaryl/α,β-unsaturated/α-hetero) is 1. The molecule has 2 aromatic carbocycles. The van der Waals surface area contributed by atoms with Gasteiger partial charge in [0.15, 0.2) is 11.4 Å². The molecule has 0 saturated heterocycles. The van der Waals surface area contributed by atoms with Gasteiger partial charge in [0.25, 0.3) is 0 Å². The molecule has 162 valence electrons. The van der Waals surface area contributed by atoms with Crippen molar-refractivity contribution < 1.29 is 36.2 Å². The Morgan fingerprint density at radius 2 is 1.63 bits per heavy atom. The first kappa shape index (κ1) is 23.3. The van der Waals surface area contributed by atoms with Gasteiger partial charge >= 0.3 is 12.4 Å². The van der Waals surface area contributed by atoms with Crippen LogP contribution in [0.4, 0.5) is 26.3 Å². The molecule has 2 aromatic rings. The number of ketones is 1. The third kappa shape index (κ3) is 4.31. The van der Waals surface area contributed by atoms with Crippen molar-refractivity contribution >= 4 is 37.6 Å². The molecule has 0 unspecified atom stereocenters. The lowest BCUT2D eigenvalue weighted by molar-refractivity contribution is -0.265. The second-order valence-electron chi connectivity index (χ2n) is 7.11. The van der Waals surface area contributed by atoms with Gasteiger partial charge in [0, 0.05) is 5.56 Å². The molecule has 0 amide bonds. The van der Waals surface area contributed by atoms with E-state index in [2.05, 4.69) is 31.9 Å². The van der Waals surface area contributed by atoms with Crippen molar-refractivity contribution in [3.63, 3.8) is 0 Å². The summed E-state index contributed by atoms with van der Waals surface area (Å²) < 4.78 is 79.5. The van der Waals surface area contributed by atoms with E-state index in [4.69, 9.17) is 0 Å². The van der Waals surface area contributed by atoms with Crippen LogP contribution >= 0.6 is 31.9 Å². The van der Waals surface area contributed by atoms with Gasteiger partial charge in [-0.05, 0) is 47.7 Å². The summed E-state index contributed by atoms with van der Waals surface area (Å²) in [6, 6.07) is 6.68. The zero-order chi connectivity index (χ0) is 22.5. The van der Waals surface area contributed by atoms with Gasteiger partial charge in [-0.1, -0.05) is 56.1 Å². The lowest BCUT2D eigenvalue weighted by Crippen LogP contribution is -2.44. The number of aliphatic hydroxyl groups is 1. The standard InChI is InChI=1S/C20H14Br2F6O2/c21-18(22)7-6-11-8-12(4-5-15(11)18)16(29)10-17(30,20(26,27)28)13-2-1-3-14(9-13)19(23,24)25/h1-5,8-9,30H,6-7,10H2/t17-/m1/s1. The van der Waals surface area contributed by atoms with E-state index in [1.807, 2.05) is 0 Å². The smallest absolute Gasteiger partial charge is 0.376 e. The SMILES string of the molecule is O=C(C[C@@](O)(c1cccc(C(F)(F)F)c1)C(F)(F)F)c1ccc2c(c1)CCC2(Br)Br. The topological polar surface area (TPSA) is 37.3 Å². The van der Waals surface area contributed by atoms with Gasteiger partial charge in [0.2, 0.25) is 0 Å². The number of carbonyl (C=O) groups is 1. The Balaban J connectivity index is 1.98. The zero-order valence-corrected chi connectivity index (χ0v) is 18.2. The monoisotopic (exact) mass is 558 g/mol. The normalized spacial score (nSPS) is 18.0. The van der Waals surface area contributed by atoms with Gasteiger partial charge in [0.1, 0.15) is 3.23 Å². The van der Waals surface area contributed by atoms with E-state index >= 15 is 0 Å². The van der Waals surface area contributed by atoms with Crippen LogP contribution < -0.4 is 0 Å². The van der Waals surface area contributed by atoms with Crippen LogP contribution in [0.1, 0.15) is 45.5 Å². The molecule has 0 saturated carbocycles. The summed E-state index contributed by atoms with van der Waals surface area (Å²) in [7, 11) is 0. The van der Waals surface area contributed by atoms with Gasteiger partial charge in [0.05, 0.1) is 12.0 Å². The summed E-state index contributed by atoms with van der Waals surface area (Å²) >= 11 is 6.96. The first-order chi connectivity index (χ1) is 13.6. The maximum atomic E-state index is 13.7. The van der Waals surface area contributed by atoms with E-state index in [-0.39, 0.29) is 11.6 Å². The second-order valence-corrected chi connectivity index (χ2v) is 10.9. The molecule has 0 bridgehead atoms. The Bertz CT molecular complexity index is 984. The summed E-state index contributed by atoms with van der Waals surface area (Å²) in [5.41, 5.74) is -4.62. The summed E-state index contributed by atoms with van der Waals surface area (Å²) in [5.74, 6) is -1.03.